The molecule has 0 aliphatic carbocycles. The Kier molecular flexibility index (Phi) is 3.46. The number of carbonyl (C=O) groups is 1. The van der Waals surface area contributed by atoms with Gasteiger partial charge in [-0.15, -0.1) is 0 Å². The smallest absolute Gasteiger partial charge is 0.227 e. The second-order valence-electron chi connectivity index (χ2n) is 5.74. The molecule has 1 aliphatic heterocycles. The Morgan fingerprint density at radius 2 is 2.13 bits per heavy atom. The van der Waals surface area contributed by atoms with Crippen molar-refractivity contribution in [1.82, 2.24) is 14.7 Å². The zero-order valence-corrected chi connectivity index (χ0v) is 12.6. The molecule has 1 aromatic carbocycles. The maximum Gasteiger partial charge on any atom is 0.227 e. The van der Waals surface area contributed by atoms with Gasteiger partial charge in [0.1, 0.15) is 18.0 Å². The van der Waals surface area contributed by atoms with Gasteiger partial charge in [0.15, 0.2) is 0 Å². The summed E-state index contributed by atoms with van der Waals surface area (Å²) in [4.78, 5) is 16.9. The van der Waals surface area contributed by atoms with Gasteiger partial charge in [0.2, 0.25) is 5.91 Å². The summed E-state index contributed by atoms with van der Waals surface area (Å²) < 4.78 is 7.62. The van der Waals surface area contributed by atoms with Crippen molar-refractivity contribution in [2.45, 2.75) is 13.0 Å². The van der Waals surface area contributed by atoms with Crippen LogP contribution in [0, 0.1) is 5.92 Å². The van der Waals surface area contributed by atoms with E-state index < -0.39 is 0 Å². The molecule has 0 saturated carbocycles. The second-order valence-corrected chi connectivity index (χ2v) is 5.74. The quantitative estimate of drug-likeness (QED) is 0.807. The first-order valence-corrected chi connectivity index (χ1v) is 7.70. The van der Waals surface area contributed by atoms with E-state index in [1.54, 1.807) is 0 Å². The molecule has 4 rings (SSSR count). The van der Waals surface area contributed by atoms with Crippen LogP contribution in [0.1, 0.15) is 11.3 Å². The van der Waals surface area contributed by atoms with Crippen LogP contribution < -0.4 is 10.1 Å². The topological polar surface area (TPSA) is 55.6 Å². The first-order chi connectivity index (χ1) is 11.3. The van der Waals surface area contributed by atoms with Crippen molar-refractivity contribution in [3.05, 3.63) is 66.1 Å². The Bertz CT molecular complexity index is 823. The van der Waals surface area contributed by atoms with Crippen molar-refractivity contribution < 1.29 is 9.53 Å². The van der Waals surface area contributed by atoms with Gasteiger partial charge in [0, 0.05) is 12.4 Å². The maximum absolute atomic E-state index is 12.4. The van der Waals surface area contributed by atoms with E-state index in [-0.39, 0.29) is 11.8 Å². The molecule has 1 amide bonds. The maximum atomic E-state index is 12.4. The summed E-state index contributed by atoms with van der Waals surface area (Å²) in [6.45, 7) is 0.854. The highest BCUT2D eigenvalue weighted by atomic mass is 16.5. The van der Waals surface area contributed by atoms with Crippen molar-refractivity contribution in [2.75, 3.05) is 6.61 Å². The number of aromatic nitrogens is 2. The lowest BCUT2D eigenvalue weighted by molar-refractivity contribution is -0.126. The Morgan fingerprint density at radius 1 is 1.26 bits per heavy atom. The molecule has 0 bridgehead atoms. The van der Waals surface area contributed by atoms with E-state index in [0.717, 1.165) is 22.7 Å². The summed E-state index contributed by atoms with van der Waals surface area (Å²) in [5, 5.41) is 2.97. The number of ether oxygens (including phenoxy) is 1. The summed E-state index contributed by atoms with van der Waals surface area (Å²) in [6, 6.07) is 13.7. The van der Waals surface area contributed by atoms with Crippen molar-refractivity contribution in [3.63, 3.8) is 0 Å². The van der Waals surface area contributed by atoms with Crippen molar-refractivity contribution in [3.8, 4) is 5.75 Å². The fraction of sp³-hybridized carbons (Fsp3) is 0.222. The molecule has 1 N–H and O–H groups in total. The average Bonchev–Trinajstić information content (AvgIpc) is 3.02. The summed E-state index contributed by atoms with van der Waals surface area (Å²) >= 11 is 0. The molecule has 116 valence electrons. The first kappa shape index (κ1) is 13.8. The zero-order valence-electron chi connectivity index (χ0n) is 12.6. The van der Waals surface area contributed by atoms with Crippen LogP contribution in [0.25, 0.3) is 5.65 Å². The lowest BCUT2D eigenvalue weighted by atomic mass is 9.96. The fourth-order valence-corrected chi connectivity index (χ4v) is 2.89. The Morgan fingerprint density at radius 3 is 3.04 bits per heavy atom. The second kappa shape index (κ2) is 5.76. The fourth-order valence-electron chi connectivity index (χ4n) is 2.89. The van der Waals surface area contributed by atoms with Crippen LogP contribution >= 0.6 is 0 Å². The molecule has 1 atom stereocenters. The third-order valence-corrected chi connectivity index (χ3v) is 4.11. The van der Waals surface area contributed by atoms with E-state index in [4.69, 9.17) is 4.74 Å². The summed E-state index contributed by atoms with van der Waals surface area (Å²) in [7, 11) is 0. The molecule has 3 aromatic rings. The molecular formula is C18H17N3O2. The molecule has 1 unspecified atom stereocenters. The van der Waals surface area contributed by atoms with Crippen LogP contribution in [0.4, 0.5) is 0 Å². The number of pyridine rings is 1. The van der Waals surface area contributed by atoms with Gasteiger partial charge in [0.05, 0.1) is 18.2 Å². The van der Waals surface area contributed by atoms with Crippen LogP contribution in [0.3, 0.4) is 0 Å². The minimum atomic E-state index is -0.151. The molecule has 5 heteroatoms. The molecule has 5 nitrogen and oxygen atoms in total. The molecule has 0 fully saturated rings. The van der Waals surface area contributed by atoms with E-state index in [1.165, 1.54) is 0 Å². The average molecular weight is 307 g/mol. The van der Waals surface area contributed by atoms with Gasteiger partial charge >= 0.3 is 0 Å². The molecular weight excluding hydrogens is 290 g/mol. The summed E-state index contributed by atoms with van der Waals surface area (Å²) in [5.74, 6) is 0.746. The van der Waals surface area contributed by atoms with Gasteiger partial charge in [-0.2, -0.15) is 0 Å². The molecule has 23 heavy (non-hydrogen) atoms. The first-order valence-electron chi connectivity index (χ1n) is 7.70. The highest BCUT2D eigenvalue weighted by Crippen LogP contribution is 2.26. The molecule has 1 aliphatic rings. The monoisotopic (exact) mass is 307 g/mol. The van der Waals surface area contributed by atoms with Crippen molar-refractivity contribution >= 4 is 11.6 Å². The highest BCUT2D eigenvalue weighted by molar-refractivity contribution is 5.79. The SMILES string of the molecule is O=C(NCc1cn2ccccc2n1)C1COc2ccccc2C1. The third-order valence-electron chi connectivity index (χ3n) is 4.11. The number of nitrogens with one attached hydrogen (secondary N) is 1. The Hall–Kier alpha value is -2.82. The van der Waals surface area contributed by atoms with Crippen LogP contribution in [-0.2, 0) is 17.8 Å². The predicted molar refractivity (Wildman–Crippen MR) is 86.2 cm³/mol. The zero-order chi connectivity index (χ0) is 15.6. The highest BCUT2D eigenvalue weighted by Gasteiger charge is 2.25. The minimum Gasteiger partial charge on any atom is -0.492 e. The molecule has 0 radical (unpaired) electrons. The number of hydrogen-bond acceptors (Lipinski definition) is 3. The number of hydrogen-bond donors (Lipinski definition) is 1. The largest absolute Gasteiger partial charge is 0.492 e. The van der Waals surface area contributed by atoms with E-state index >= 15 is 0 Å². The van der Waals surface area contributed by atoms with Gasteiger partial charge in [-0.05, 0) is 30.2 Å². The van der Waals surface area contributed by atoms with Crippen LogP contribution in [0.15, 0.2) is 54.9 Å². The Labute approximate surface area is 133 Å². The van der Waals surface area contributed by atoms with E-state index in [9.17, 15) is 4.79 Å². The van der Waals surface area contributed by atoms with E-state index in [0.29, 0.717) is 19.6 Å². The van der Waals surface area contributed by atoms with E-state index in [1.807, 2.05) is 59.3 Å². The van der Waals surface area contributed by atoms with Gasteiger partial charge < -0.3 is 14.5 Å². The van der Waals surface area contributed by atoms with Crippen LogP contribution in [-0.4, -0.2) is 21.9 Å². The van der Waals surface area contributed by atoms with Gasteiger partial charge in [-0.25, -0.2) is 4.98 Å². The molecule has 0 saturated heterocycles. The van der Waals surface area contributed by atoms with Gasteiger partial charge in [-0.1, -0.05) is 24.3 Å². The number of benzene rings is 1. The van der Waals surface area contributed by atoms with Gasteiger partial charge in [0.25, 0.3) is 0 Å². The number of amides is 1. The van der Waals surface area contributed by atoms with E-state index in [2.05, 4.69) is 10.3 Å². The third kappa shape index (κ3) is 2.77. The van der Waals surface area contributed by atoms with Crippen LogP contribution in [0.5, 0.6) is 5.75 Å². The minimum absolute atomic E-state index is 0.0107. The standard InChI is InChI=1S/C18H17N3O2/c22-18(14-9-13-5-1-2-6-16(13)23-12-14)19-10-15-11-21-8-4-3-7-17(21)20-15/h1-8,11,14H,9-10,12H2,(H,19,22). The number of imidazole rings is 1. The number of para-hydroxylation sites is 1. The molecule has 3 heterocycles. The lowest BCUT2D eigenvalue weighted by Gasteiger charge is -2.24. The number of fused-ring (bicyclic) bond motifs is 2. The number of carbonyl (C=O) groups excluding carboxylic acids is 1. The summed E-state index contributed by atoms with van der Waals surface area (Å²) in [5.41, 5.74) is 2.82. The lowest BCUT2D eigenvalue weighted by Crippen LogP contribution is -2.37. The van der Waals surface area contributed by atoms with Gasteiger partial charge in [-0.3, -0.25) is 4.79 Å². The molecule has 2 aromatic heterocycles. The predicted octanol–water partition coefficient (Wildman–Crippen LogP) is 2.20. The normalized spacial score (nSPS) is 16.6. The van der Waals surface area contributed by atoms with Crippen molar-refractivity contribution in [2.24, 2.45) is 5.92 Å². The number of nitrogens with zero attached hydrogens (tertiary/aromatic N) is 2. The molecule has 0 spiro atoms. The van der Waals surface area contributed by atoms with Crippen molar-refractivity contribution in [1.29, 1.82) is 0 Å². The Balaban J connectivity index is 1.40. The van der Waals surface area contributed by atoms with Crippen LogP contribution in [0.2, 0.25) is 0 Å². The summed E-state index contributed by atoms with van der Waals surface area (Å²) in [6.07, 6.45) is 4.59. The number of rotatable bonds is 3.